The van der Waals surface area contributed by atoms with Gasteiger partial charge in [-0.1, -0.05) is 0 Å². The van der Waals surface area contributed by atoms with Crippen LogP contribution in [-0.2, 0) is 0 Å². The van der Waals surface area contributed by atoms with Gasteiger partial charge in [-0.05, 0) is 49.4 Å². The number of carbonyl (C=O) groups is 1. The van der Waals surface area contributed by atoms with Gasteiger partial charge in [0.1, 0.15) is 0 Å². The topological polar surface area (TPSA) is 45.5 Å². The molecule has 98 valence electrons. The van der Waals surface area contributed by atoms with Crippen LogP contribution in [0.2, 0.25) is 5.22 Å². The van der Waals surface area contributed by atoms with Crippen LogP contribution >= 0.6 is 11.6 Å². The van der Waals surface area contributed by atoms with Crippen LogP contribution in [0.5, 0.6) is 0 Å². The number of carbonyl (C=O) groups excluding carboxylic acids is 1. The van der Waals surface area contributed by atoms with Crippen molar-refractivity contribution in [2.24, 2.45) is 0 Å². The molecule has 1 aromatic rings. The molecule has 1 aliphatic heterocycles. The molecule has 5 heteroatoms. The SMILES string of the molecule is O=C(NC1CCN(C2CC2)CC1)c1ccc(Cl)o1. The largest absolute Gasteiger partial charge is 0.440 e. The highest BCUT2D eigenvalue weighted by atomic mass is 35.5. The standard InChI is InChI=1S/C13H17ClN2O2/c14-12-4-3-11(18-12)13(17)15-9-5-7-16(8-6-9)10-1-2-10/h3-4,9-10H,1-2,5-8H2,(H,15,17). The smallest absolute Gasteiger partial charge is 0.287 e. The third kappa shape index (κ3) is 2.70. The summed E-state index contributed by atoms with van der Waals surface area (Å²) in [6.45, 7) is 2.18. The molecule has 1 N–H and O–H groups in total. The Kier molecular flexibility index (Phi) is 3.31. The number of nitrogens with one attached hydrogen (secondary N) is 1. The molecule has 18 heavy (non-hydrogen) atoms. The fraction of sp³-hybridized carbons (Fsp3) is 0.615. The average molecular weight is 269 g/mol. The lowest BCUT2D eigenvalue weighted by molar-refractivity contribution is 0.0881. The van der Waals surface area contributed by atoms with Crippen molar-refractivity contribution in [3.63, 3.8) is 0 Å². The Morgan fingerprint density at radius 1 is 1.28 bits per heavy atom. The summed E-state index contributed by atoms with van der Waals surface area (Å²) in [7, 11) is 0. The molecular formula is C13H17ClN2O2. The van der Waals surface area contributed by atoms with Crippen LogP contribution in [0.1, 0.15) is 36.2 Å². The lowest BCUT2D eigenvalue weighted by Gasteiger charge is -2.32. The quantitative estimate of drug-likeness (QED) is 0.915. The monoisotopic (exact) mass is 268 g/mol. The highest BCUT2D eigenvalue weighted by molar-refractivity contribution is 6.29. The van der Waals surface area contributed by atoms with E-state index in [-0.39, 0.29) is 17.2 Å². The zero-order valence-corrected chi connectivity index (χ0v) is 10.9. The minimum Gasteiger partial charge on any atom is -0.440 e. The number of furan rings is 1. The van der Waals surface area contributed by atoms with E-state index in [4.69, 9.17) is 16.0 Å². The maximum atomic E-state index is 11.9. The molecular weight excluding hydrogens is 252 g/mol. The minimum atomic E-state index is -0.160. The van der Waals surface area contributed by atoms with Gasteiger partial charge in [-0.3, -0.25) is 4.79 Å². The molecule has 0 radical (unpaired) electrons. The number of amides is 1. The lowest BCUT2D eigenvalue weighted by atomic mass is 10.0. The summed E-state index contributed by atoms with van der Waals surface area (Å²) in [5.74, 6) is 0.136. The first-order valence-corrected chi connectivity index (χ1v) is 6.90. The van der Waals surface area contributed by atoms with Gasteiger partial charge < -0.3 is 14.6 Å². The minimum absolute atomic E-state index is 0.160. The van der Waals surface area contributed by atoms with Crippen molar-refractivity contribution in [1.29, 1.82) is 0 Å². The second-order valence-corrected chi connectivity index (χ2v) is 5.49. The van der Waals surface area contributed by atoms with Crippen molar-refractivity contribution in [3.8, 4) is 0 Å². The van der Waals surface area contributed by atoms with Gasteiger partial charge in [0, 0.05) is 25.2 Å². The van der Waals surface area contributed by atoms with E-state index in [1.54, 1.807) is 12.1 Å². The van der Waals surface area contributed by atoms with Crippen LogP contribution < -0.4 is 5.32 Å². The van der Waals surface area contributed by atoms with E-state index in [0.717, 1.165) is 32.0 Å². The lowest BCUT2D eigenvalue weighted by Crippen LogP contribution is -2.45. The normalized spacial score (nSPS) is 22.1. The first kappa shape index (κ1) is 12.1. The second-order valence-electron chi connectivity index (χ2n) is 5.12. The van der Waals surface area contributed by atoms with Crippen LogP contribution in [0.15, 0.2) is 16.5 Å². The molecule has 3 rings (SSSR count). The number of hydrogen-bond acceptors (Lipinski definition) is 3. The summed E-state index contributed by atoms with van der Waals surface area (Å²) in [4.78, 5) is 14.4. The second kappa shape index (κ2) is 4.94. The van der Waals surface area contributed by atoms with Crippen molar-refractivity contribution in [3.05, 3.63) is 23.1 Å². The molecule has 1 aromatic heterocycles. The van der Waals surface area contributed by atoms with E-state index in [9.17, 15) is 4.79 Å². The molecule has 0 atom stereocenters. The first-order valence-electron chi connectivity index (χ1n) is 6.52. The predicted molar refractivity (Wildman–Crippen MR) is 68.8 cm³/mol. The fourth-order valence-corrected chi connectivity index (χ4v) is 2.69. The number of hydrogen-bond donors (Lipinski definition) is 1. The van der Waals surface area contributed by atoms with Crippen molar-refractivity contribution in [1.82, 2.24) is 10.2 Å². The highest BCUT2D eigenvalue weighted by Crippen LogP contribution is 2.29. The van der Waals surface area contributed by atoms with Gasteiger partial charge in [0.2, 0.25) is 0 Å². The summed E-state index contributed by atoms with van der Waals surface area (Å²) < 4.78 is 5.10. The van der Waals surface area contributed by atoms with Gasteiger partial charge in [0.25, 0.3) is 5.91 Å². The average Bonchev–Trinajstić information content (AvgIpc) is 3.12. The predicted octanol–water partition coefficient (Wildman–Crippen LogP) is 2.29. The summed E-state index contributed by atoms with van der Waals surface area (Å²) >= 11 is 5.65. The van der Waals surface area contributed by atoms with Crippen molar-refractivity contribution in [2.45, 2.75) is 37.8 Å². The Bertz CT molecular complexity index is 434. The summed E-state index contributed by atoms with van der Waals surface area (Å²) in [6, 6.07) is 4.28. The molecule has 1 aliphatic carbocycles. The zero-order valence-electron chi connectivity index (χ0n) is 10.2. The van der Waals surface area contributed by atoms with E-state index in [0.29, 0.717) is 5.76 Å². The third-order valence-electron chi connectivity index (χ3n) is 3.73. The number of piperidine rings is 1. The maximum absolute atomic E-state index is 11.9. The molecule has 0 aromatic carbocycles. The molecule has 4 nitrogen and oxygen atoms in total. The zero-order chi connectivity index (χ0) is 12.5. The Balaban J connectivity index is 1.50. The van der Waals surface area contributed by atoms with Gasteiger partial charge in [-0.15, -0.1) is 0 Å². The van der Waals surface area contributed by atoms with Gasteiger partial charge in [-0.2, -0.15) is 0 Å². The van der Waals surface area contributed by atoms with Crippen molar-refractivity contribution >= 4 is 17.5 Å². The van der Waals surface area contributed by atoms with Crippen LogP contribution in [-0.4, -0.2) is 36.0 Å². The molecule has 1 saturated heterocycles. The van der Waals surface area contributed by atoms with Gasteiger partial charge in [0.05, 0.1) is 0 Å². The van der Waals surface area contributed by atoms with Gasteiger partial charge >= 0.3 is 0 Å². The molecule has 0 unspecified atom stereocenters. The molecule has 0 bridgehead atoms. The Hall–Kier alpha value is -1.00. The number of halogens is 1. The molecule has 1 saturated carbocycles. The van der Waals surface area contributed by atoms with Crippen LogP contribution in [0, 0.1) is 0 Å². The maximum Gasteiger partial charge on any atom is 0.287 e. The van der Waals surface area contributed by atoms with Gasteiger partial charge in [-0.25, -0.2) is 0 Å². The van der Waals surface area contributed by atoms with E-state index in [1.165, 1.54) is 12.8 Å². The highest BCUT2D eigenvalue weighted by Gasteiger charge is 2.32. The van der Waals surface area contributed by atoms with Gasteiger partial charge in [0.15, 0.2) is 11.0 Å². The molecule has 2 fully saturated rings. The first-order chi connectivity index (χ1) is 8.72. The molecule has 2 heterocycles. The third-order valence-corrected chi connectivity index (χ3v) is 3.93. The van der Waals surface area contributed by atoms with E-state index in [2.05, 4.69) is 10.2 Å². The summed E-state index contributed by atoms with van der Waals surface area (Å²) in [5, 5.41) is 3.26. The van der Waals surface area contributed by atoms with Crippen LogP contribution in [0.25, 0.3) is 0 Å². The number of likely N-dealkylation sites (tertiary alicyclic amines) is 1. The Labute approximate surface area is 111 Å². The number of nitrogens with zero attached hydrogens (tertiary/aromatic N) is 1. The van der Waals surface area contributed by atoms with E-state index < -0.39 is 0 Å². The number of rotatable bonds is 3. The Morgan fingerprint density at radius 2 is 2.00 bits per heavy atom. The van der Waals surface area contributed by atoms with Crippen LogP contribution in [0.3, 0.4) is 0 Å². The molecule has 0 spiro atoms. The van der Waals surface area contributed by atoms with E-state index in [1.807, 2.05) is 0 Å². The summed E-state index contributed by atoms with van der Waals surface area (Å²) in [6.07, 6.45) is 4.75. The molecule has 2 aliphatic rings. The van der Waals surface area contributed by atoms with Crippen molar-refractivity contribution < 1.29 is 9.21 Å². The molecule has 1 amide bonds. The Morgan fingerprint density at radius 3 is 2.56 bits per heavy atom. The van der Waals surface area contributed by atoms with Crippen LogP contribution in [0.4, 0.5) is 0 Å². The van der Waals surface area contributed by atoms with Crippen molar-refractivity contribution in [2.75, 3.05) is 13.1 Å². The fourth-order valence-electron chi connectivity index (χ4n) is 2.54. The van der Waals surface area contributed by atoms with E-state index >= 15 is 0 Å². The summed E-state index contributed by atoms with van der Waals surface area (Å²) in [5.41, 5.74) is 0.